The molecular formula is C47H49NO15. The van der Waals surface area contributed by atoms with Crippen molar-refractivity contribution in [2.24, 2.45) is 16.7 Å². The van der Waals surface area contributed by atoms with E-state index in [0.29, 0.717) is 5.56 Å². The number of hydrogen-bond donors (Lipinski definition) is 4. The minimum atomic E-state index is -2.84. The van der Waals surface area contributed by atoms with Crippen LogP contribution < -0.4 is 5.32 Å². The van der Waals surface area contributed by atoms with E-state index in [-0.39, 0.29) is 28.6 Å². The summed E-state index contributed by atoms with van der Waals surface area (Å²) >= 11 is 0. The molecule has 1 heterocycles. The first-order chi connectivity index (χ1) is 29.7. The molecule has 63 heavy (non-hydrogen) atoms. The molecule has 332 valence electrons. The monoisotopic (exact) mass is 867 g/mol. The van der Waals surface area contributed by atoms with Gasteiger partial charge in [-0.25, -0.2) is 9.59 Å². The van der Waals surface area contributed by atoms with Crippen LogP contribution in [0.25, 0.3) is 0 Å². The molecule has 1 saturated heterocycles. The molecular weight excluding hydrogens is 819 g/mol. The van der Waals surface area contributed by atoms with Gasteiger partial charge in [-0.3, -0.25) is 24.0 Å². The number of nitrogens with one attached hydrogen (secondary N) is 1. The molecule has 1 aliphatic heterocycles. The third-order valence-corrected chi connectivity index (χ3v) is 13.6. The van der Waals surface area contributed by atoms with Crippen LogP contribution in [0.3, 0.4) is 0 Å². The largest absolute Gasteiger partial charge is 0.456 e. The van der Waals surface area contributed by atoms with Gasteiger partial charge in [0.15, 0.2) is 35.5 Å². The number of carbonyl (C=O) groups is 7. The van der Waals surface area contributed by atoms with Gasteiger partial charge < -0.3 is 44.3 Å². The van der Waals surface area contributed by atoms with Crippen LogP contribution in [0.1, 0.15) is 80.3 Å². The Kier molecular flexibility index (Phi) is 11.6. The highest BCUT2D eigenvalue weighted by molar-refractivity contribution is 6.00. The van der Waals surface area contributed by atoms with Crippen molar-refractivity contribution < 1.29 is 72.6 Å². The summed E-state index contributed by atoms with van der Waals surface area (Å²) in [5.41, 5.74) is -11.2. The Morgan fingerprint density at radius 1 is 0.825 bits per heavy atom. The van der Waals surface area contributed by atoms with Crippen molar-refractivity contribution in [1.82, 2.24) is 5.32 Å². The highest BCUT2D eigenvalue weighted by Gasteiger charge is 2.87. The summed E-state index contributed by atoms with van der Waals surface area (Å²) in [5, 5.41) is 40.6. The molecule has 3 fully saturated rings. The van der Waals surface area contributed by atoms with E-state index >= 15 is 4.79 Å². The summed E-state index contributed by atoms with van der Waals surface area (Å²) in [6.07, 6.45) is -9.97. The van der Waals surface area contributed by atoms with E-state index in [0.717, 1.165) is 13.8 Å². The number of aliphatic hydroxyl groups excluding tert-OH is 1. The fourth-order valence-electron chi connectivity index (χ4n) is 10.4. The Balaban J connectivity index is 1.41. The number of hydrogen-bond acceptors (Lipinski definition) is 15. The standard InChI is InChI=1S/C47H49NO15/c1-25-31(61-41(56)34(52)33(28-16-10-7-11-17-28)48-39(54)29-18-12-8-13-19-29)22-46(57)38(62-40(55)30-20-14-9-15-21-30)36-44(6,37(53)35(60-26(2)50)32(25)43(46,4)5)47(58,23-49)42-45(36,24-59-42)63-27(3)51/h7-21,23,31,33-36,38,42,52,57-58H,22,24H2,1-6H3,(H,48,54)/t31-,33-,34+,35+,36-,38-,42-,44+,45+,46+,47?/m0/s1. The summed E-state index contributed by atoms with van der Waals surface area (Å²) in [6.45, 7) is 7.15. The van der Waals surface area contributed by atoms with Gasteiger partial charge in [-0.05, 0) is 54.8 Å². The van der Waals surface area contributed by atoms with E-state index in [1.54, 1.807) is 78.9 Å². The van der Waals surface area contributed by atoms with Crippen LogP contribution in [0.5, 0.6) is 0 Å². The Hall–Kier alpha value is -6.07. The third-order valence-electron chi connectivity index (χ3n) is 13.6. The van der Waals surface area contributed by atoms with Crippen LogP contribution in [-0.2, 0) is 47.7 Å². The normalized spacial score (nSPS) is 32.5. The van der Waals surface area contributed by atoms with Crippen LogP contribution in [0.2, 0.25) is 0 Å². The average molecular weight is 868 g/mol. The van der Waals surface area contributed by atoms with Gasteiger partial charge >= 0.3 is 23.9 Å². The van der Waals surface area contributed by atoms with Crippen LogP contribution in [0.15, 0.2) is 102 Å². The summed E-state index contributed by atoms with van der Waals surface area (Å²) in [7, 11) is 0. The number of ether oxygens (including phenoxy) is 5. The maximum Gasteiger partial charge on any atom is 0.338 e. The van der Waals surface area contributed by atoms with Crippen LogP contribution in [-0.4, -0.2) is 111 Å². The maximum atomic E-state index is 15.6. The number of aliphatic hydroxyl groups is 3. The lowest BCUT2D eigenvalue weighted by Crippen LogP contribution is -2.73. The van der Waals surface area contributed by atoms with E-state index < -0.39 is 119 Å². The van der Waals surface area contributed by atoms with Crippen molar-refractivity contribution in [2.75, 3.05) is 6.61 Å². The molecule has 2 bridgehead atoms. The average Bonchev–Trinajstić information content (AvgIpc) is 3.35. The number of fused-ring (bicyclic) bond motifs is 5. The van der Waals surface area contributed by atoms with Crippen LogP contribution in [0.4, 0.5) is 0 Å². The van der Waals surface area contributed by atoms with E-state index in [9.17, 15) is 44.1 Å². The lowest BCUT2D eigenvalue weighted by atomic mass is 9.49. The number of carbonyl (C=O) groups excluding carboxylic acids is 7. The number of benzene rings is 3. The van der Waals surface area contributed by atoms with Crippen LogP contribution >= 0.6 is 0 Å². The fourth-order valence-corrected chi connectivity index (χ4v) is 10.4. The maximum absolute atomic E-state index is 15.6. The molecule has 0 radical (unpaired) electrons. The first-order valence-electron chi connectivity index (χ1n) is 20.4. The first-order valence-corrected chi connectivity index (χ1v) is 20.4. The van der Waals surface area contributed by atoms with Gasteiger partial charge in [-0.1, -0.05) is 80.6 Å². The fraction of sp³-hybridized carbons (Fsp3) is 0.426. The molecule has 1 amide bonds. The highest BCUT2D eigenvalue weighted by atomic mass is 16.6. The molecule has 0 aromatic heterocycles. The van der Waals surface area contributed by atoms with Crippen molar-refractivity contribution >= 4 is 41.9 Å². The molecule has 4 aliphatic rings. The van der Waals surface area contributed by atoms with Gasteiger partial charge in [0.2, 0.25) is 0 Å². The zero-order valence-electron chi connectivity index (χ0n) is 35.4. The van der Waals surface area contributed by atoms with E-state index in [2.05, 4.69) is 5.32 Å². The predicted molar refractivity (Wildman–Crippen MR) is 218 cm³/mol. The molecule has 3 aliphatic carbocycles. The van der Waals surface area contributed by atoms with E-state index in [4.69, 9.17) is 23.7 Å². The number of rotatable bonds is 11. The van der Waals surface area contributed by atoms with Crippen molar-refractivity contribution in [3.05, 3.63) is 119 Å². The Morgan fingerprint density at radius 2 is 1.40 bits per heavy atom. The predicted octanol–water partition coefficient (Wildman–Crippen LogP) is 2.91. The zero-order chi connectivity index (χ0) is 45.9. The quantitative estimate of drug-likeness (QED) is 0.0938. The summed E-state index contributed by atoms with van der Waals surface area (Å²) in [6, 6.07) is 22.5. The van der Waals surface area contributed by atoms with Gasteiger partial charge in [0.05, 0.1) is 29.5 Å². The number of ketones is 1. The molecule has 3 aromatic rings. The van der Waals surface area contributed by atoms with E-state index in [1.807, 2.05) is 0 Å². The molecule has 4 N–H and O–H groups in total. The second-order valence-corrected chi connectivity index (χ2v) is 17.4. The molecule has 2 saturated carbocycles. The molecule has 7 rings (SSSR count). The highest BCUT2D eigenvalue weighted by Crippen LogP contribution is 2.69. The summed E-state index contributed by atoms with van der Waals surface area (Å²) in [5.74, 6) is -7.75. The zero-order valence-corrected chi connectivity index (χ0v) is 35.4. The van der Waals surface area contributed by atoms with Gasteiger partial charge in [-0.2, -0.15) is 0 Å². The van der Waals surface area contributed by atoms with Gasteiger partial charge in [-0.15, -0.1) is 0 Å². The molecule has 0 spiro atoms. The number of esters is 4. The molecule has 1 unspecified atom stereocenters. The number of amides is 1. The van der Waals surface area contributed by atoms with Gasteiger partial charge in [0, 0.05) is 31.2 Å². The SMILES string of the molecule is CC(=O)O[C@H]1C(=O)[C@@]2(C)[C@H]([C@H](OC(=O)c3ccccc3)[C@]3(O)C[C@H](OC(=O)[C@H](O)[C@@H](NC(=O)c4ccccc4)c4ccccc4)C(C)=C1C3(C)C)[C@]1(OC(C)=O)CO[C@@H]1C2(O)C=O. The Labute approximate surface area is 362 Å². The van der Waals surface area contributed by atoms with Crippen molar-refractivity contribution in [2.45, 2.75) is 101 Å². The lowest BCUT2D eigenvalue weighted by Gasteiger charge is -2.60. The number of Topliss-reactive ketones (excluding diaryl/α,β-unsaturated/α-hetero) is 1. The first kappa shape index (κ1) is 45.0. The molecule has 11 atom stereocenters. The smallest absolute Gasteiger partial charge is 0.338 e. The number of aldehydes is 1. The molecule has 16 nitrogen and oxygen atoms in total. The Bertz CT molecular complexity index is 2370. The minimum absolute atomic E-state index is 0.00302. The third kappa shape index (κ3) is 6.96. The van der Waals surface area contributed by atoms with Crippen molar-refractivity contribution in [3.8, 4) is 0 Å². The van der Waals surface area contributed by atoms with Gasteiger partial charge in [0.25, 0.3) is 5.91 Å². The summed E-state index contributed by atoms with van der Waals surface area (Å²) in [4.78, 5) is 96.8. The summed E-state index contributed by atoms with van der Waals surface area (Å²) < 4.78 is 29.8. The Morgan fingerprint density at radius 3 is 1.92 bits per heavy atom. The van der Waals surface area contributed by atoms with Gasteiger partial charge in [0.1, 0.15) is 23.9 Å². The van der Waals surface area contributed by atoms with E-state index in [1.165, 1.54) is 39.8 Å². The van der Waals surface area contributed by atoms with Crippen molar-refractivity contribution in [3.63, 3.8) is 0 Å². The molecule has 16 heteroatoms. The topological polar surface area (TPSA) is 238 Å². The second-order valence-electron chi connectivity index (χ2n) is 17.4. The lowest BCUT2D eigenvalue weighted by molar-refractivity contribution is -0.292. The minimum Gasteiger partial charge on any atom is -0.456 e. The molecule has 3 aromatic carbocycles. The van der Waals surface area contributed by atoms with Crippen molar-refractivity contribution in [1.29, 1.82) is 0 Å². The van der Waals surface area contributed by atoms with Crippen LogP contribution in [0, 0.1) is 16.7 Å². The second kappa shape index (κ2) is 16.2.